The second-order valence-electron chi connectivity index (χ2n) is 5.82. The van der Waals surface area contributed by atoms with Crippen molar-refractivity contribution >= 4 is 33.3 Å². The van der Waals surface area contributed by atoms with Gasteiger partial charge in [-0.25, -0.2) is 9.97 Å². The first kappa shape index (κ1) is 16.8. The van der Waals surface area contributed by atoms with Crippen LogP contribution in [-0.2, 0) is 0 Å². The van der Waals surface area contributed by atoms with E-state index in [0.29, 0.717) is 10.0 Å². The minimum atomic E-state index is -0.275. The van der Waals surface area contributed by atoms with E-state index < -0.39 is 0 Å². The van der Waals surface area contributed by atoms with Gasteiger partial charge in [0.2, 0.25) is 5.78 Å². The number of carbonyl (C=O) groups excluding carboxylic acids is 1. The predicted molar refractivity (Wildman–Crippen MR) is 96.1 cm³/mol. The van der Waals surface area contributed by atoms with Crippen LogP contribution in [0, 0.1) is 0 Å². The lowest BCUT2D eigenvalue weighted by Crippen LogP contribution is -2.29. The van der Waals surface area contributed by atoms with Crippen molar-refractivity contribution in [3.05, 3.63) is 40.4 Å². The summed E-state index contributed by atoms with van der Waals surface area (Å²) in [4.78, 5) is 29.9. The molecule has 24 heavy (non-hydrogen) atoms. The van der Waals surface area contributed by atoms with Crippen molar-refractivity contribution in [1.82, 2.24) is 19.9 Å². The third kappa shape index (κ3) is 3.70. The summed E-state index contributed by atoms with van der Waals surface area (Å²) < 4.78 is 0.694. The lowest BCUT2D eigenvalue weighted by atomic mass is 10.1. The van der Waals surface area contributed by atoms with Crippen molar-refractivity contribution in [2.75, 3.05) is 43.9 Å². The maximum absolute atomic E-state index is 12.7. The van der Waals surface area contributed by atoms with E-state index in [2.05, 4.69) is 47.7 Å². The lowest BCUT2D eigenvalue weighted by molar-refractivity contribution is 0.103. The Morgan fingerprint density at radius 3 is 2.88 bits per heavy atom. The van der Waals surface area contributed by atoms with Crippen molar-refractivity contribution in [1.29, 1.82) is 0 Å². The van der Waals surface area contributed by atoms with Gasteiger partial charge in [0.05, 0.1) is 18.0 Å². The van der Waals surface area contributed by atoms with Gasteiger partial charge in [0, 0.05) is 30.3 Å². The van der Waals surface area contributed by atoms with Gasteiger partial charge in [-0.15, -0.1) is 0 Å². The molecule has 2 aromatic heterocycles. The van der Waals surface area contributed by atoms with Crippen LogP contribution < -0.4 is 10.6 Å². The molecule has 0 unspecified atom stereocenters. The van der Waals surface area contributed by atoms with Crippen molar-refractivity contribution in [3.63, 3.8) is 0 Å². The third-order valence-corrected chi connectivity index (χ3v) is 4.46. The van der Waals surface area contributed by atoms with E-state index in [1.54, 1.807) is 18.5 Å². The average molecular weight is 391 g/mol. The highest BCUT2D eigenvalue weighted by Gasteiger charge is 2.19. The average Bonchev–Trinajstić information content (AvgIpc) is 2.81. The molecule has 0 spiro atoms. The summed E-state index contributed by atoms with van der Waals surface area (Å²) in [5, 5.41) is 0. The Balaban J connectivity index is 1.87. The maximum Gasteiger partial charge on any atom is 0.216 e. The van der Waals surface area contributed by atoms with E-state index >= 15 is 0 Å². The molecule has 0 atom stereocenters. The molecule has 126 valence electrons. The fraction of sp³-hybridized carbons (Fsp3) is 0.375. The van der Waals surface area contributed by atoms with Crippen LogP contribution in [0.4, 0.5) is 11.6 Å². The smallest absolute Gasteiger partial charge is 0.216 e. The van der Waals surface area contributed by atoms with Gasteiger partial charge < -0.3 is 15.5 Å². The molecule has 8 heteroatoms. The highest BCUT2D eigenvalue weighted by molar-refractivity contribution is 9.10. The molecule has 0 aliphatic carbocycles. The quantitative estimate of drug-likeness (QED) is 0.795. The van der Waals surface area contributed by atoms with Crippen LogP contribution in [0.5, 0.6) is 0 Å². The van der Waals surface area contributed by atoms with Crippen LogP contribution >= 0.6 is 15.9 Å². The van der Waals surface area contributed by atoms with E-state index in [9.17, 15) is 4.79 Å². The molecule has 7 nitrogen and oxygen atoms in total. The van der Waals surface area contributed by atoms with E-state index in [0.717, 1.165) is 38.4 Å². The normalized spacial score (nSPS) is 16.0. The fourth-order valence-corrected chi connectivity index (χ4v) is 2.99. The standard InChI is InChI=1S/C16H19BrN6O/c1-22-3-2-4-23(6-5-22)14-10-19-9-13(21-14)15(24)12-7-11(17)8-20-16(12)18/h7-10H,2-6H2,1H3,(H2,18,20). The molecule has 3 heterocycles. The zero-order chi connectivity index (χ0) is 17.1. The first-order chi connectivity index (χ1) is 11.5. The van der Waals surface area contributed by atoms with Gasteiger partial charge in [-0.1, -0.05) is 0 Å². The zero-order valence-electron chi connectivity index (χ0n) is 13.4. The van der Waals surface area contributed by atoms with Gasteiger partial charge in [-0.05, 0) is 42.0 Å². The lowest BCUT2D eigenvalue weighted by Gasteiger charge is -2.21. The molecule has 0 saturated carbocycles. The van der Waals surface area contributed by atoms with Gasteiger partial charge in [-0.2, -0.15) is 0 Å². The molecule has 1 fully saturated rings. The Kier molecular flexibility index (Phi) is 5.06. The number of anilines is 2. The van der Waals surface area contributed by atoms with Crippen LogP contribution in [0.2, 0.25) is 0 Å². The molecule has 0 aromatic carbocycles. The van der Waals surface area contributed by atoms with E-state index in [-0.39, 0.29) is 17.3 Å². The summed E-state index contributed by atoms with van der Waals surface area (Å²) in [7, 11) is 2.11. The molecule has 1 saturated heterocycles. The zero-order valence-corrected chi connectivity index (χ0v) is 15.0. The summed E-state index contributed by atoms with van der Waals surface area (Å²) in [5.41, 5.74) is 6.43. The summed E-state index contributed by atoms with van der Waals surface area (Å²) in [6.07, 6.45) is 5.78. The monoisotopic (exact) mass is 390 g/mol. The predicted octanol–water partition coefficient (Wildman–Crippen LogP) is 1.59. The second kappa shape index (κ2) is 7.23. The van der Waals surface area contributed by atoms with E-state index in [1.807, 2.05) is 0 Å². The largest absolute Gasteiger partial charge is 0.383 e. The number of aromatic nitrogens is 3. The van der Waals surface area contributed by atoms with Gasteiger partial charge in [0.15, 0.2) is 0 Å². The summed E-state index contributed by atoms with van der Waals surface area (Å²) in [6.45, 7) is 3.78. The number of nitrogens with zero attached hydrogens (tertiary/aromatic N) is 5. The van der Waals surface area contributed by atoms with E-state index in [4.69, 9.17) is 5.73 Å². The highest BCUT2D eigenvalue weighted by atomic mass is 79.9. The minimum Gasteiger partial charge on any atom is -0.383 e. The van der Waals surface area contributed by atoms with Crippen LogP contribution in [0.15, 0.2) is 29.1 Å². The van der Waals surface area contributed by atoms with Gasteiger partial charge in [0.1, 0.15) is 17.3 Å². The first-order valence-corrected chi connectivity index (χ1v) is 8.55. The summed E-state index contributed by atoms with van der Waals surface area (Å²) in [6, 6.07) is 1.65. The number of carbonyl (C=O) groups is 1. The molecular weight excluding hydrogens is 372 g/mol. The molecule has 2 aromatic rings. The molecule has 0 radical (unpaired) electrons. The Morgan fingerprint density at radius 1 is 1.21 bits per heavy atom. The first-order valence-electron chi connectivity index (χ1n) is 7.76. The van der Waals surface area contributed by atoms with Crippen LogP contribution in [0.25, 0.3) is 0 Å². The second-order valence-corrected chi connectivity index (χ2v) is 6.74. The van der Waals surface area contributed by atoms with Gasteiger partial charge in [-0.3, -0.25) is 9.78 Å². The molecule has 0 amide bonds. The summed E-state index contributed by atoms with van der Waals surface area (Å²) in [5.74, 6) is 0.632. The fourth-order valence-electron chi connectivity index (χ4n) is 2.66. The Morgan fingerprint density at radius 2 is 2.04 bits per heavy atom. The maximum atomic E-state index is 12.7. The number of hydrogen-bond acceptors (Lipinski definition) is 7. The number of hydrogen-bond donors (Lipinski definition) is 1. The molecule has 3 rings (SSSR count). The topological polar surface area (TPSA) is 88.2 Å². The Bertz CT molecular complexity index is 753. The highest BCUT2D eigenvalue weighted by Crippen LogP contribution is 2.20. The van der Waals surface area contributed by atoms with Crippen molar-refractivity contribution in [2.45, 2.75) is 6.42 Å². The molecular formula is C16H19BrN6O. The number of pyridine rings is 1. The number of nitrogens with two attached hydrogens (primary N) is 1. The minimum absolute atomic E-state index is 0.187. The number of likely N-dealkylation sites (N-methyl/N-ethyl adjacent to an activating group) is 1. The number of ketones is 1. The number of nitrogen functional groups attached to an aromatic ring is 1. The van der Waals surface area contributed by atoms with Crippen molar-refractivity contribution < 1.29 is 4.79 Å². The van der Waals surface area contributed by atoms with Crippen molar-refractivity contribution in [3.8, 4) is 0 Å². The SMILES string of the molecule is CN1CCCN(c2cncc(C(=O)c3cc(Br)cnc3N)n2)CC1. The number of rotatable bonds is 3. The third-order valence-electron chi connectivity index (χ3n) is 4.03. The van der Waals surface area contributed by atoms with E-state index in [1.165, 1.54) is 6.20 Å². The molecule has 1 aliphatic rings. The molecule has 1 aliphatic heterocycles. The Hall–Kier alpha value is -2.06. The number of halogens is 1. The molecule has 2 N–H and O–H groups in total. The van der Waals surface area contributed by atoms with Gasteiger partial charge >= 0.3 is 0 Å². The van der Waals surface area contributed by atoms with Gasteiger partial charge in [0.25, 0.3) is 0 Å². The van der Waals surface area contributed by atoms with Crippen molar-refractivity contribution in [2.24, 2.45) is 0 Å². The van der Waals surface area contributed by atoms with Crippen LogP contribution in [-0.4, -0.2) is 58.9 Å². The van der Waals surface area contributed by atoms with Crippen LogP contribution in [0.1, 0.15) is 22.5 Å². The Labute approximate surface area is 149 Å². The summed E-state index contributed by atoms with van der Waals surface area (Å²) >= 11 is 3.31. The molecule has 0 bridgehead atoms. The van der Waals surface area contributed by atoms with Crippen LogP contribution in [0.3, 0.4) is 0 Å².